The average molecular weight is 207 g/mol. The van der Waals surface area contributed by atoms with Crippen LogP contribution in [0.4, 0.5) is 17.6 Å². The second-order valence-electron chi connectivity index (χ2n) is 2.48. The summed E-state index contributed by atoms with van der Waals surface area (Å²) in [6, 6.07) is 1.28. The number of carbonyl (C=O) groups excluding carboxylic acids is 1. The maximum Gasteiger partial charge on any atom is 0.419 e. The molecule has 0 aromatic heterocycles. The molecule has 0 fully saturated rings. The summed E-state index contributed by atoms with van der Waals surface area (Å²) in [5.74, 6) is -3.35. The minimum Gasteiger partial charge on any atom is -0.545 e. The van der Waals surface area contributed by atoms with Crippen molar-refractivity contribution in [1.29, 1.82) is 0 Å². The Morgan fingerprint density at radius 3 is 2.21 bits per heavy atom. The number of halogens is 4. The second-order valence-corrected chi connectivity index (χ2v) is 2.48. The van der Waals surface area contributed by atoms with E-state index in [-0.39, 0.29) is 6.07 Å². The lowest BCUT2D eigenvalue weighted by Gasteiger charge is -2.09. The molecular formula is C8H3F4O2-. The number of hydrogen-bond donors (Lipinski definition) is 0. The molecule has 1 aromatic rings. The Morgan fingerprint density at radius 2 is 1.86 bits per heavy atom. The monoisotopic (exact) mass is 207 g/mol. The Morgan fingerprint density at radius 1 is 1.29 bits per heavy atom. The highest BCUT2D eigenvalue weighted by Crippen LogP contribution is 2.31. The van der Waals surface area contributed by atoms with Crippen LogP contribution in [-0.2, 0) is 6.18 Å². The molecule has 0 aliphatic rings. The zero-order valence-corrected chi connectivity index (χ0v) is 6.56. The lowest BCUT2D eigenvalue weighted by atomic mass is 10.1. The first-order chi connectivity index (χ1) is 6.32. The molecule has 0 aliphatic heterocycles. The van der Waals surface area contributed by atoms with E-state index in [1.807, 2.05) is 0 Å². The van der Waals surface area contributed by atoms with Crippen molar-refractivity contribution in [3.63, 3.8) is 0 Å². The minimum absolute atomic E-state index is 0.276. The van der Waals surface area contributed by atoms with Crippen LogP contribution in [0.25, 0.3) is 0 Å². The van der Waals surface area contributed by atoms with E-state index < -0.39 is 29.1 Å². The summed E-state index contributed by atoms with van der Waals surface area (Å²) < 4.78 is 48.6. The molecule has 0 aliphatic carbocycles. The first-order valence-corrected chi connectivity index (χ1v) is 3.40. The van der Waals surface area contributed by atoms with Crippen LogP contribution in [0, 0.1) is 5.82 Å². The van der Waals surface area contributed by atoms with Crippen molar-refractivity contribution in [3.05, 3.63) is 35.1 Å². The number of benzene rings is 1. The second kappa shape index (κ2) is 3.28. The molecule has 76 valence electrons. The standard InChI is InChI=1S/C8H4F4O2/c9-6-3-4(7(13)14)1-2-5(6)8(10,11)12/h1-3H,(H,13,14)/p-1. The van der Waals surface area contributed by atoms with Gasteiger partial charge in [-0.05, 0) is 12.1 Å². The maximum absolute atomic E-state index is 12.7. The van der Waals surface area contributed by atoms with Crippen LogP contribution in [0.5, 0.6) is 0 Å². The van der Waals surface area contributed by atoms with Gasteiger partial charge in [-0.1, -0.05) is 6.07 Å². The van der Waals surface area contributed by atoms with Crippen molar-refractivity contribution in [1.82, 2.24) is 0 Å². The third-order valence-corrected chi connectivity index (χ3v) is 1.51. The Hall–Kier alpha value is -1.59. The van der Waals surface area contributed by atoms with Crippen LogP contribution in [0.1, 0.15) is 15.9 Å². The van der Waals surface area contributed by atoms with Crippen LogP contribution in [0.15, 0.2) is 18.2 Å². The predicted molar refractivity (Wildman–Crippen MR) is 35.7 cm³/mol. The van der Waals surface area contributed by atoms with Crippen molar-refractivity contribution in [2.75, 3.05) is 0 Å². The van der Waals surface area contributed by atoms with Gasteiger partial charge >= 0.3 is 6.18 Å². The number of carboxylic acid groups (broad SMARTS) is 1. The van der Waals surface area contributed by atoms with E-state index in [0.717, 1.165) is 0 Å². The summed E-state index contributed by atoms with van der Waals surface area (Å²) in [5, 5.41) is 10.2. The molecule has 0 unspecified atom stereocenters. The van der Waals surface area contributed by atoms with Crippen molar-refractivity contribution in [2.45, 2.75) is 6.18 Å². The highest BCUT2D eigenvalue weighted by molar-refractivity contribution is 5.85. The molecule has 0 N–H and O–H groups in total. The lowest BCUT2D eigenvalue weighted by molar-refractivity contribution is -0.255. The molecule has 0 atom stereocenters. The zero-order chi connectivity index (χ0) is 10.9. The quantitative estimate of drug-likeness (QED) is 0.649. The summed E-state index contributed by atoms with van der Waals surface area (Å²) >= 11 is 0. The molecule has 2 nitrogen and oxygen atoms in total. The zero-order valence-electron chi connectivity index (χ0n) is 6.56. The van der Waals surface area contributed by atoms with E-state index in [4.69, 9.17) is 0 Å². The largest absolute Gasteiger partial charge is 0.545 e. The Kier molecular flexibility index (Phi) is 2.46. The third-order valence-electron chi connectivity index (χ3n) is 1.51. The van der Waals surface area contributed by atoms with Gasteiger partial charge in [-0.2, -0.15) is 13.2 Å². The van der Waals surface area contributed by atoms with Gasteiger partial charge in [-0.25, -0.2) is 4.39 Å². The summed E-state index contributed by atoms with van der Waals surface area (Å²) in [7, 11) is 0. The number of rotatable bonds is 1. The molecule has 0 radical (unpaired) electrons. The smallest absolute Gasteiger partial charge is 0.419 e. The van der Waals surface area contributed by atoms with Crippen LogP contribution in [-0.4, -0.2) is 5.97 Å². The van der Waals surface area contributed by atoms with Crippen LogP contribution < -0.4 is 5.11 Å². The van der Waals surface area contributed by atoms with Crippen molar-refractivity contribution >= 4 is 5.97 Å². The molecule has 0 saturated heterocycles. The van der Waals surface area contributed by atoms with Crippen LogP contribution >= 0.6 is 0 Å². The predicted octanol–water partition coefficient (Wildman–Crippen LogP) is 1.21. The van der Waals surface area contributed by atoms with Crippen LogP contribution in [0.3, 0.4) is 0 Å². The average Bonchev–Trinajstić information content (AvgIpc) is 2.01. The Balaban J connectivity index is 3.21. The van der Waals surface area contributed by atoms with Crippen molar-refractivity contribution in [2.24, 2.45) is 0 Å². The molecule has 0 spiro atoms. The lowest BCUT2D eigenvalue weighted by Crippen LogP contribution is -2.22. The van der Waals surface area contributed by atoms with Gasteiger partial charge in [0.25, 0.3) is 0 Å². The molecule has 6 heteroatoms. The molecule has 0 saturated carbocycles. The highest BCUT2D eigenvalue weighted by atomic mass is 19.4. The summed E-state index contributed by atoms with van der Waals surface area (Å²) in [6.07, 6.45) is -4.82. The first-order valence-electron chi connectivity index (χ1n) is 3.40. The van der Waals surface area contributed by atoms with Gasteiger partial charge in [-0.3, -0.25) is 0 Å². The summed E-state index contributed by atoms with van der Waals surface area (Å²) in [6.45, 7) is 0. The fourth-order valence-corrected chi connectivity index (χ4v) is 0.872. The van der Waals surface area contributed by atoms with E-state index in [0.29, 0.717) is 12.1 Å². The fourth-order valence-electron chi connectivity index (χ4n) is 0.872. The molecule has 1 aromatic carbocycles. The summed E-state index contributed by atoms with van der Waals surface area (Å²) in [4.78, 5) is 10.2. The van der Waals surface area contributed by atoms with Gasteiger partial charge < -0.3 is 9.90 Å². The van der Waals surface area contributed by atoms with Gasteiger partial charge in [0.05, 0.1) is 11.5 Å². The normalized spacial score (nSPS) is 11.4. The van der Waals surface area contributed by atoms with Gasteiger partial charge in [-0.15, -0.1) is 0 Å². The fraction of sp³-hybridized carbons (Fsp3) is 0.125. The number of carbonyl (C=O) groups is 1. The number of alkyl halides is 3. The topological polar surface area (TPSA) is 40.1 Å². The third kappa shape index (κ3) is 2.01. The number of hydrogen-bond acceptors (Lipinski definition) is 2. The molecule has 14 heavy (non-hydrogen) atoms. The van der Waals surface area contributed by atoms with E-state index >= 15 is 0 Å². The number of carboxylic acids is 1. The molecule has 0 amide bonds. The minimum atomic E-state index is -4.82. The maximum atomic E-state index is 12.7. The SMILES string of the molecule is O=C([O-])c1ccc(C(F)(F)F)c(F)c1. The first kappa shape index (κ1) is 10.5. The Labute approximate surface area is 75.8 Å². The van der Waals surface area contributed by atoms with Crippen molar-refractivity contribution < 1.29 is 27.5 Å². The Bertz CT molecular complexity index is 370. The van der Waals surface area contributed by atoms with E-state index in [1.165, 1.54) is 0 Å². The van der Waals surface area contributed by atoms with Gasteiger partial charge in [0.2, 0.25) is 0 Å². The summed E-state index contributed by atoms with van der Waals surface area (Å²) in [5.41, 5.74) is -2.13. The van der Waals surface area contributed by atoms with E-state index in [2.05, 4.69) is 0 Å². The molecule has 1 rings (SSSR count). The highest BCUT2D eigenvalue weighted by Gasteiger charge is 2.33. The molecule has 0 bridgehead atoms. The van der Waals surface area contributed by atoms with Gasteiger partial charge in [0.1, 0.15) is 5.82 Å². The van der Waals surface area contributed by atoms with Crippen molar-refractivity contribution in [3.8, 4) is 0 Å². The van der Waals surface area contributed by atoms with Gasteiger partial charge in [0.15, 0.2) is 0 Å². The van der Waals surface area contributed by atoms with Crippen LogP contribution in [0.2, 0.25) is 0 Å². The molecular weight excluding hydrogens is 204 g/mol. The van der Waals surface area contributed by atoms with E-state index in [9.17, 15) is 27.5 Å². The number of aromatic carboxylic acids is 1. The molecule has 0 heterocycles. The van der Waals surface area contributed by atoms with E-state index in [1.54, 1.807) is 0 Å². The van der Waals surface area contributed by atoms with Gasteiger partial charge in [0, 0.05) is 5.56 Å².